The Morgan fingerprint density at radius 2 is 2.03 bits per heavy atom. The van der Waals surface area contributed by atoms with Crippen molar-refractivity contribution >= 4 is 50.0 Å². The smallest absolute Gasteiger partial charge is 0.245 e. The van der Waals surface area contributed by atoms with Gasteiger partial charge in [0.05, 0.1) is 5.02 Å². The summed E-state index contributed by atoms with van der Waals surface area (Å²) in [5.74, 6) is 0.197. The highest BCUT2D eigenvalue weighted by Gasteiger charge is 2.40. The number of carbonyl (C=O) groups excluding carboxylic acids is 1. The SMILES string of the molecule is Cc1ccc2cccc(OCc3c(Cl)ccc(S(=O)(=O)N4CCC[C@H]4C(=O)NCCCN)c3Cl)c2n1. The van der Waals surface area contributed by atoms with Crippen molar-refractivity contribution in [2.75, 3.05) is 19.6 Å². The maximum atomic E-state index is 13.6. The predicted octanol–water partition coefficient (Wildman–Crippen LogP) is 4.05. The van der Waals surface area contributed by atoms with E-state index in [2.05, 4.69) is 10.3 Å². The van der Waals surface area contributed by atoms with Crippen molar-refractivity contribution in [2.45, 2.75) is 43.7 Å². The van der Waals surface area contributed by atoms with E-state index >= 15 is 0 Å². The Morgan fingerprint density at radius 1 is 1.22 bits per heavy atom. The molecule has 0 aliphatic carbocycles. The molecule has 4 rings (SSSR count). The van der Waals surface area contributed by atoms with Crippen molar-refractivity contribution in [3.05, 3.63) is 63.8 Å². The molecule has 1 fully saturated rings. The number of aromatic nitrogens is 1. The van der Waals surface area contributed by atoms with Crippen LogP contribution in [0.4, 0.5) is 0 Å². The van der Waals surface area contributed by atoms with E-state index in [0.29, 0.717) is 49.2 Å². The summed E-state index contributed by atoms with van der Waals surface area (Å²) in [5, 5.41) is 3.93. The van der Waals surface area contributed by atoms with Crippen molar-refractivity contribution in [1.29, 1.82) is 0 Å². The average Bonchev–Trinajstić information content (AvgIpc) is 3.35. The third kappa shape index (κ3) is 5.45. The van der Waals surface area contributed by atoms with Gasteiger partial charge in [0, 0.05) is 34.8 Å². The minimum absolute atomic E-state index is 0.0268. The third-order valence-electron chi connectivity index (χ3n) is 6.12. The Bertz CT molecular complexity index is 1380. The molecule has 3 N–H and O–H groups in total. The lowest BCUT2D eigenvalue weighted by molar-refractivity contribution is -0.124. The lowest BCUT2D eigenvalue weighted by Gasteiger charge is -2.24. The zero-order valence-electron chi connectivity index (χ0n) is 19.8. The molecule has 2 heterocycles. The van der Waals surface area contributed by atoms with E-state index < -0.39 is 16.1 Å². The molecule has 1 aliphatic rings. The topological polar surface area (TPSA) is 115 Å². The number of ether oxygens (including phenoxy) is 1. The van der Waals surface area contributed by atoms with E-state index in [1.54, 1.807) is 6.07 Å². The Balaban J connectivity index is 1.60. The fourth-order valence-electron chi connectivity index (χ4n) is 4.24. The molecule has 1 atom stereocenters. The van der Waals surface area contributed by atoms with Gasteiger partial charge in [-0.05, 0) is 57.0 Å². The van der Waals surface area contributed by atoms with E-state index in [1.807, 2.05) is 31.2 Å². The summed E-state index contributed by atoms with van der Waals surface area (Å²) in [6.07, 6.45) is 1.62. The standard InChI is InChI=1S/C25H28Cl2N4O4S/c1-16-8-9-17-5-2-7-21(24(17)30-16)35-15-18-19(26)10-11-22(23(18)27)36(33,34)31-14-3-6-20(31)25(32)29-13-4-12-28/h2,5,7-11,20H,3-4,6,12-15,28H2,1H3,(H,29,32)/t20-/m0/s1. The van der Waals surface area contributed by atoms with E-state index in [4.69, 9.17) is 33.7 Å². The molecule has 3 aromatic rings. The van der Waals surface area contributed by atoms with Crippen LogP contribution in [0.3, 0.4) is 0 Å². The van der Waals surface area contributed by atoms with Crippen molar-refractivity contribution in [2.24, 2.45) is 5.73 Å². The average molecular weight is 551 g/mol. The zero-order chi connectivity index (χ0) is 25.9. The van der Waals surface area contributed by atoms with Gasteiger partial charge in [-0.25, -0.2) is 13.4 Å². The van der Waals surface area contributed by atoms with Crippen molar-refractivity contribution < 1.29 is 17.9 Å². The van der Waals surface area contributed by atoms with Crippen molar-refractivity contribution in [3.63, 3.8) is 0 Å². The van der Waals surface area contributed by atoms with Crippen LogP contribution in [0.15, 0.2) is 47.4 Å². The number of nitrogens with zero attached hydrogens (tertiary/aromatic N) is 2. The second-order valence-electron chi connectivity index (χ2n) is 8.61. The molecule has 0 bridgehead atoms. The van der Waals surface area contributed by atoms with Crippen LogP contribution >= 0.6 is 23.2 Å². The minimum atomic E-state index is -4.07. The molecule has 8 nitrogen and oxygen atoms in total. The van der Waals surface area contributed by atoms with Gasteiger partial charge in [-0.3, -0.25) is 4.79 Å². The summed E-state index contributed by atoms with van der Waals surface area (Å²) in [4.78, 5) is 17.1. The first-order valence-electron chi connectivity index (χ1n) is 11.7. The van der Waals surface area contributed by atoms with Crippen LogP contribution in [0, 0.1) is 6.92 Å². The Morgan fingerprint density at radius 3 is 2.81 bits per heavy atom. The second kappa shape index (κ2) is 11.3. The van der Waals surface area contributed by atoms with Crippen LogP contribution in [0.25, 0.3) is 10.9 Å². The lowest BCUT2D eigenvalue weighted by Crippen LogP contribution is -2.46. The highest BCUT2D eigenvalue weighted by atomic mass is 35.5. The van der Waals surface area contributed by atoms with Gasteiger partial charge in [-0.15, -0.1) is 0 Å². The quantitative estimate of drug-likeness (QED) is 0.388. The van der Waals surface area contributed by atoms with Crippen LogP contribution in [-0.2, 0) is 21.4 Å². The molecule has 2 aromatic carbocycles. The highest BCUT2D eigenvalue weighted by molar-refractivity contribution is 7.89. The number of pyridine rings is 1. The molecule has 11 heteroatoms. The number of benzene rings is 2. The van der Waals surface area contributed by atoms with Crippen LogP contribution in [-0.4, -0.2) is 49.3 Å². The third-order valence-corrected chi connectivity index (χ3v) is 8.97. The van der Waals surface area contributed by atoms with Gasteiger partial charge < -0.3 is 15.8 Å². The minimum Gasteiger partial charge on any atom is -0.487 e. The summed E-state index contributed by atoms with van der Waals surface area (Å²) < 4.78 is 34.4. The fourth-order valence-corrected chi connectivity index (χ4v) is 6.76. The van der Waals surface area contributed by atoms with Gasteiger partial charge in [-0.2, -0.15) is 4.31 Å². The molecular weight excluding hydrogens is 523 g/mol. The number of hydrogen-bond donors (Lipinski definition) is 2. The first-order valence-corrected chi connectivity index (χ1v) is 13.9. The number of sulfonamides is 1. The van der Waals surface area contributed by atoms with E-state index in [-0.39, 0.29) is 34.0 Å². The van der Waals surface area contributed by atoms with E-state index in [1.165, 1.54) is 16.4 Å². The molecule has 0 saturated carbocycles. The maximum Gasteiger partial charge on any atom is 0.245 e. The Labute approximate surface area is 220 Å². The number of nitrogens with one attached hydrogen (secondary N) is 1. The highest BCUT2D eigenvalue weighted by Crippen LogP contribution is 2.36. The van der Waals surface area contributed by atoms with Crippen molar-refractivity contribution in [3.8, 4) is 5.75 Å². The Hall–Kier alpha value is -2.43. The predicted molar refractivity (Wildman–Crippen MR) is 141 cm³/mol. The number of para-hydroxylation sites is 1. The molecule has 0 radical (unpaired) electrons. The Kier molecular flexibility index (Phi) is 8.37. The molecule has 1 aliphatic heterocycles. The first kappa shape index (κ1) is 26.6. The number of fused-ring (bicyclic) bond motifs is 1. The summed E-state index contributed by atoms with van der Waals surface area (Å²) in [6, 6.07) is 11.5. The lowest BCUT2D eigenvalue weighted by atomic mass is 10.2. The number of hydrogen-bond acceptors (Lipinski definition) is 6. The van der Waals surface area contributed by atoms with Crippen LogP contribution in [0.2, 0.25) is 10.0 Å². The zero-order valence-corrected chi connectivity index (χ0v) is 22.2. The number of nitrogens with two attached hydrogens (primary N) is 1. The van der Waals surface area contributed by atoms with Gasteiger partial charge in [0.2, 0.25) is 15.9 Å². The van der Waals surface area contributed by atoms with Gasteiger partial charge in [0.25, 0.3) is 0 Å². The number of rotatable bonds is 9. The number of halogens is 2. The maximum absolute atomic E-state index is 13.6. The van der Waals surface area contributed by atoms with Crippen LogP contribution in [0.5, 0.6) is 5.75 Å². The largest absolute Gasteiger partial charge is 0.487 e. The van der Waals surface area contributed by atoms with Crippen LogP contribution in [0.1, 0.15) is 30.5 Å². The summed E-state index contributed by atoms with van der Waals surface area (Å²) in [5.41, 5.74) is 7.35. The first-order chi connectivity index (χ1) is 17.2. The summed E-state index contributed by atoms with van der Waals surface area (Å²) in [7, 11) is -4.07. The fraction of sp³-hybridized carbons (Fsp3) is 0.360. The summed E-state index contributed by atoms with van der Waals surface area (Å²) >= 11 is 13.0. The number of carbonyl (C=O) groups is 1. The molecule has 36 heavy (non-hydrogen) atoms. The molecule has 1 amide bonds. The number of aryl methyl sites for hydroxylation is 1. The molecule has 0 unspecified atom stereocenters. The monoisotopic (exact) mass is 550 g/mol. The van der Waals surface area contributed by atoms with Gasteiger partial charge >= 0.3 is 0 Å². The molecule has 1 saturated heterocycles. The van der Waals surface area contributed by atoms with Gasteiger partial charge in [0.15, 0.2) is 0 Å². The molecule has 0 spiro atoms. The number of amides is 1. The second-order valence-corrected chi connectivity index (χ2v) is 11.3. The van der Waals surface area contributed by atoms with Crippen LogP contribution < -0.4 is 15.8 Å². The van der Waals surface area contributed by atoms with Gasteiger partial charge in [-0.1, -0.05) is 41.4 Å². The molecule has 1 aromatic heterocycles. The molecule has 192 valence electrons. The van der Waals surface area contributed by atoms with E-state index in [0.717, 1.165) is 11.1 Å². The molecular formula is C25H28Cl2N4O4S. The summed E-state index contributed by atoms with van der Waals surface area (Å²) in [6.45, 7) is 2.89. The normalized spacial score (nSPS) is 16.4. The van der Waals surface area contributed by atoms with E-state index in [9.17, 15) is 13.2 Å². The van der Waals surface area contributed by atoms with Crippen molar-refractivity contribution in [1.82, 2.24) is 14.6 Å². The van der Waals surface area contributed by atoms with Gasteiger partial charge in [0.1, 0.15) is 28.8 Å².